The lowest BCUT2D eigenvalue weighted by Gasteiger charge is -2.14. The summed E-state index contributed by atoms with van der Waals surface area (Å²) in [4.78, 5) is 4.22. The third kappa shape index (κ3) is 3.36. The number of hydrogen-bond donors (Lipinski definition) is 2. The smallest absolute Gasteiger partial charge is 0.125 e. The van der Waals surface area contributed by atoms with E-state index in [0.717, 1.165) is 31.9 Å². The molecule has 0 fully saturated rings. The highest BCUT2D eigenvalue weighted by Crippen LogP contribution is 2.09. The van der Waals surface area contributed by atoms with E-state index in [1.54, 1.807) is 5.57 Å². The normalized spacial score (nSPS) is 15.9. The minimum absolute atomic E-state index is 0.965. The maximum atomic E-state index is 4.22. The molecule has 3 heteroatoms. The molecule has 0 saturated heterocycles. The SMILES string of the molecule is C1=C(CCNc2ccccn2)CCNC1. The van der Waals surface area contributed by atoms with E-state index in [1.165, 1.54) is 6.42 Å². The second-order valence-corrected chi connectivity index (χ2v) is 3.71. The van der Waals surface area contributed by atoms with E-state index < -0.39 is 0 Å². The van der Waals surface area contributed by atoms with Crippen molar-refractivity contribution in [3.05, 3.63) is 36.0 Å². The van der Waals surface area contributed by atoms with E-state index in [1.807, 2.05) is 24.4 Å². The molecule has 0 atom stereocenters. The number of anilines is 1. The molecule has 1 aromatic rings. The van der Waals surface area contributed by atoms with Crippen molar-refractivity contribution in [1.82, 2.24) is 10.3 Å². The van der Waals surface area contributed by atoms with Gasteiger partial charge in [-0.25, -0.2) is 4.98 Å². The summed E-state index contributed by atoms with van der Waals surface area (Å²) in [6.45, 7) is 3.12. The molecule has 2 heterocycles. The first-order valence-corrected chi connectivity index (χ1v) is 5.49. The van der Waals surface area contributed by atoms with Crippen LogP contribution in [0.1, 0.15) is 12.8 Å². The van der Waals surface area contributed by atoms with Gasteiger partial charge < -0.3 is 10.6 Å². The Hall–Kier alpha value is -1.35. The second-order valence-electron chi connectivity index (χ2n) is 3.71. The van der Waals surface area contributed by atoms with Gasteiger partial charge >= 0.3 is 0 Å². The topological polar surface area (TPSA) is 37.0 Å². The molecular formula is C12H17N3. The Morgan fingerprint density at radius 2 is 2.40 bits per heavy atom. The van der Waals surface area contributed by atoms with Gasteiger partial charge in [-0.05, 0) is 31.5 Å². The van der Waals surface area contributed by atoms with E-state index in [2.05, 4.69) is 21.7 Å². The molecule has 0 radical (unpaired) electrons. The molecule has 1 aliphatic heterocycles. The lowest BCUT2D eigenvalue weighted by molar-refractivity contribution is 0.683. The standard InChI is InChI=1S/C12H17N3/c1-2-7-14-12(3-1)15-10-6-11-4-8-13-9-5-11/h1-4,7,13H,5-6,8-10H2,(H,14,15). The quantitative estimate of drug-likeness (QED) is 0.733. The molecule has 15 heavy (non-hydrogen) atoms. The molecule has 0 bridgehead atoms. The average Bonchev–Trinajstić information content (AvgIpc) is 2.32. The zero-order valence-electron chi connectivity index (χ0n) is 8.87. The number of nitrogens with zero attached hydrogens (tertiary/aromatic N) is 1. The van der Waals surface area contributed by atoms with Crippen molar-refractivity contribution < 1.29 is 0 Å². The molecule has 0 spiro atoms. The molecule has 0 saturated carbocycles. The Balaban J connectivity index is 1.73. The van der Waals surface area contributed by atoms with Gasteiger partial charge in [-0.2, -0.15) is 0 Å². The predicted octanol–water partition coefficient (Wildman–Crippen LogP) is 1.80. The Morgan fingerprint density at radius 3 is 3.13 bits per heavy atom. The molecule has 1 aliphatic rings. The molecule has 1 aromatic heterocycles. The molecule has 3 nitrogen and oxygen atoms in total. The van der Waals surface area contributed by atoms with Crippen LogP contribution in [0.2, 0.25) is 0 Å². The first-order chi connectivity index (χ1) is 7.45. The van der Waals surface area contributed by atoms with Crippen molar-refractivity contribution in [2.45, 2.75) is 12.8 Å². The number of hydrogen-bond acceptors (Lipinski definition) is 3. The number of rotatable bonds is 4. The van der Waals surface area contributed by atoms with Crippen molar-refractivity contribution >= 4 is 5.82 Å². The van der Waals surface area contributed by atoms with Gasteiger partial charge in [0.15, 0.2) is 0 Å². The van der Waals surface area contributed by atoms with Gasteiger partial charge in [-0.3, -0.25) is 0 Å². The summed E-state index contributed by atoms with van der Waals surface area (Å²) >= 11 is 0. The Kier molecular flexibility index (Phi) is 3.74. The third-order valence-corrected chi connectivity index (χ3v) is 2.58. The fraction of sp³-hybridized carbons (Fsp3) is 0.417. The van der Waals surface area contributed by atoms with Crippen LogP contribution in [0.3, 0.4) is 0 Å². The first-order valence-electron chi connectivity index (χ1n) is 5.49. The summed E-state index contributed by atoms with van der Waals surface area (Å²) in [7, 11) is 0. The van der Waals surface area contributed by atoms with E-state index in [9.17, 15) is 0 Å². The maximum absolute atomic E-state index is 4.22. The van der Waals surface area contributed by atoms with Crippen LogP contribution in [-0.2, 0) is 0 Å². The van der Waals surface area contributed by atoms with Crippen LogP contribution >= 0.6 is 0 Å². The molecule has 0 aliphatic carbocycles. The van der Waals surface area contributed by atoms with Crippen LogP contribution < -0.4 is 10.6 Å². The molecule has 0 aromatic carbocycles. The first kappa shape index (κ1) is 10.2. The fourth-order valence-electron chi connectivity index (χ4n) is 1.72. The second kappa shape index (κ2) is 5.51. The average molecular weight is 203 g/mol. The van der Waals surface area contributed by atoms with Crippen molar-refractivity contribution in [2.75, 3.05) is 25.0 Å². The molecule has 0 amide bonds. The van der Waals surface area contributed by atoms with Crippen LogP contribution in [0, 0.1) is 0 Å². The van der Waals surface area contributed by atoms with Gasteiger partial charge in [0, 0.05) is 19.3 Å². The van der Waals surface area contributed by atoms with E-state index in [4.69, 9.17) is 0 Å². The Labute approximate surface area is 90.6 Å². The van der Waals surface area contributed by atoms with Crippen molar-refractivity contribution in [3.63, 3.8) is 0 Å². The van der Waals surface area contributed by atoms with Crippen molar-refractivity contribution in [2.24, 2.45) is 0 Å². The Morgan fingerprint density at radius 1 is 1.40 bits per heavy atom. The Bertz CT molecular complexity index is 319. The van der Waals surface area contributed by atoms with Gasteiger partial charge in [0.25, 0.3) is 0 Å². The van der Waals surface area contributed by atoms with Crippen LogP contribution in [0.15, 0.2) is 36.0 Å². The van der Waals surface area contributed by atoms with Gasteiger partial charge in [0.1, 0.15) is 5.82 Å². The molecule has 80 valence electrons. The highest BCUT2D eigenvalue weighted by molar-refractivity contribution is 5.33. The molecule has 2 rings (SSSR count). The summed E-state index contributed by atoms with van der Waals surface area (Å²) < 4.78 is 0. The van der Waals surface area contributed by atoms with E-state index >= 15 is 0 Å². The van der Waals surface area contributed by atoms with Gasteiger partial charge in [0.05, 0.1) is 0 Å². The summed E-state index contributed by atoms with van der Waals surface area (Å²) in [5.41, 5.74) is 1.55. The molecule has 2 N–H and O–H groups in total. The predicted molar refractivity (Wildman–Crippen MR) is 62.9 cm³/mol. The fourth-order valence-corrected chi connectivity index (χ4v) is 1.72. The van der Waals surface area contributed by atoms with Gasteiger partial charge in [-0.1, -0.05) is 17.7 Å². The molecular weight excluding hydrogens is 186 g/mol. The van der Waals surface area contributed by atoms with E-state index in [-0.39, 0.29) is 0 Å². The summed E-state index contributed by atoms with van der Waals surface area (Å²) in [6.07, 6.45) is 6.41. The summed E-state index contributed by atoms with van der Waals surface area (Å²) in [6, 6.07) is 5.93. The number of nitrogens with one attached hydrogen (secondary N) is 2. The zero-order chi connectivity index (χ0) is 10.3. The summed E-state index contributed by atoms with van der Waals surface area (Å²) in [5, 5.41) is 6.63. The summed E-state index contributed by atoms with van der Waals surface area (Å²) in [5.74, 6) is 0.965. The van der Waals surface area contributed by atoms with Crippen LogP contribution in [-0.4, -0.2) is 24.6 Å². The monoisotopic (exact) mass is 203 g/mol. The minimum atomic E-state index is 0.965. The minimum Gasteiger partial charge on any atom is -0.370 e. The number of aromatic nitrogens is 1. The lowest BCUT2D eigenvalue weighted by atomic mass is 10.1. The lowest BCUT2D eigenvalue weighted by Crippen LogP contribution is -2.21. The van der Waals surface area contributed by atoms with Crippen LogP contribution in [0.4, 0.5) is 5.82 Å². The maximum Gasteiger partial charge on any atom is 0.125 e. The van der Waals surface area contributed by atoms with Gasteiger partial charge in [0.2, 0.25) is 0 Å². The van der Waals surface area contributed by atoms with E-state index in [0.29, 0.717) is 0 Å². The van der Waals surface area contributed by atoms with Gasteiger partial charge in [-0.15, -0.1) is 0 Å². The van der Waals surface area contributed by atoms with Crippen molar-refractivity contribution in [3.8, 4) is 0 Å². The zero-order valence-corrected chi connectivity index (χ0v) is 8.87. The largest absolute Gasteiger partial charge is 0.370 e. The molecule has 0 unspecified atom stereocenters. The third-order valence-electron chi connectivity index (χ3n) is 2.58. The van der Waals surface area contributed by atoms with Crippen LogP contribution in [0.25, 0.3) is 0 Å². The highest BCUT2D eigenvalue weighted by Gasteiger charge is 2.02. The van der Waals surface area contributed by atoms with Crippen LogP contribution in [0.5, 0.6) is 0 Å². The number of pyridine rings is 1. The highest BCUT2D eigenvalue weighted by atomic mass is 15.0. The van der Waals surface area contributed by atoms with Crippen molar-refractivity contribution in [1.29, 1.82) is 0 Å².